The summed E-state index contributed by atoms with van der Waals surface area (Å²) in [5.41, 5.74) is 0. The predicted molar refractivity (Wildman–Crippen MR) is 73.0 cm³/mol. The van der Waals surface area contributed by atoms with Gasteiger partial charge in [-0.05, 0) is 34.1 Å². The number of piperazine rings is 1. The van der Waals surface area contributed by atoms with Gasteiger partial charge in [0.1, 0.15) is 5.82 Å². The number of benzene rings is 1. The van der Waals surface area contributed by atoms with Crippen molar-refractivity contribution in [3.8, 4) is 0 Å². The van der Waals surface area contributed by atoms with Gasteiger partial charge < -0.3 is 5.32 Å². The van der Waals surface area contributed by atoms with Crippen LogP contribution in [0.1, 0.15) is 0 Å². The molecule has 102 valence electrons. The molecule has 1 aromatic carbocycles. The maximum absolute atomic E-state index is 12.9. The minimum atomic E-state index is -3.53. The van der Waals surface area contributed by atoms with Crippen LogP contribution in [0.25, 0.3) is 0 Å². The molecular weight excluding hydrogens is 347 g/mol. The highest BCUT2D eigenvalue weighted by Crippen LogP contribution is 2.25. The van der Waals surface area contributed by atoms with Crippen molar-refractivity contribution < 1.29 is 12.8 Å². The molecule has 0 amide bonds. The van der Waals surface area contributed by atoms with Crippen molar-refractivity contribution in [2.24, 2.45) is 0 Å². The van der Waals surface area contributed by atoms with E-state index in [0.717, 1.165) is 12.1 Å². The van der Waals surface area contributed by atoms with E-state index in [1.807, 2.05) is 0 Å². The van der Waals surface area contributed by atoms with Crippen LogP contribution in [0.3, 0.4) is 0 Å². The second-order valence-corrected chi connectivity index (χ2v) is 6.49. The first-order valence-electron chi connectivity index (χ1n) is 5.18. The van der Waals surface area contributed by atoms with Crippen LogP contribution in [-0.2, 0) is 10.0 Å². The Bertz CT molecular complexity index is 521. The predicted octanol–water partition coefficient (Wildman–Crippen LogP) is 1.60. The largest absolute Gasteiger partial charge is 0.314 e. The number of nitrogens with one attached hydrogen (secondary N) is 1. The number of hydrogen-bond donors (Lipinski definition) is 1. The van der Waals surface area contributed by atoms with Crippen LogP contribution in [0.4, 0.5) is 4.39 Å². The lowest BCUT2D eigenvalue weighted by molar-refractivity contribution is 0.360. The molecular formula is C10H13BrClFN2O2S. The zero-order valence-corrected chi connectivity index (χ0v) is 12.6. The van der Waals surface area contributed by atoms with Crippen molar-refractivity contribution in [3.63, 3.8) is 0 Å². The molecule has 2 rings (SSSR count). The van der Waals surface area contributed by atoms with Gasteiger partial charge in [0.15, 0.2) is 0 Å². The van der Waals surface area contributed by atoms with Crippen molar-refractivity contribution in [2.75, 3.05) is 26.2 Å². The van der Waals surface area contributed by atoms with Gasteiger partial charge in [-0.25, -0.2) is 12.8 Å². The molecule has 4 nitrogen and oxygen atoms in total. The Morgan fingerprint density at radius 1 is 1.28 bits per heavy atom. The second kappa shape index (κ2) is 6.29. The highest BCUT2D eigenvalue weighted by atomic mass is 79.9. The minimum Gasteiger partial charge on any atom is -0.314 e. The van der Waals surface area contributed by atoms with Crippen LogP contribution in [-0.4, -0.2) is 38.9 Å². The summed E-state index contributed by atoms with van der Waals surface area (Å²) in [4.78, 5) is 0.112. The normalized spacial score (nSPS) is 17.2. The van der Waals surface area contributed by atoms with Gasteiger partial charge in [0.05, 0.1) is 4.90 Å². The van der Waals surface area contributed by atoms with E-state index in [1.54, 1.807) is 0 Å². The number of rotatable bonds is 2. The Hall–Kier alpha value is -0.210. The molecule has 0 spiro atoms. The van der Waals surface area contributed by atoms with E-state index in [-0.39, 0.29) is 21.8 Å². The quantitative estimate of drug-likeness (QED) is 0.873. The fourth-order valence-electron chi connectivity index (χ4n) is 1.71. The molecule has 1 N–H and O–H groups in total. The van der Waals surface area contributed by atoms with Gasteiger partial charge in [-0.2, -0.15) is 4.31 Å². The lowest BCUT2D eigenvalue weighted by Crippen LogP contribution is -2.46. The van der Waals surface area contributed by atoms with E-state index in [2.05, 4.69) is 21.2 Å². The third-order valence-electron chi connectivity index (χ3n) is 2.59. The first kappa shape index (κ1) is 15.8. The highest BCUT2D eigenvalue weighted by Gasteiger charge is 2.27. The Morgan fingerprint density at radius 3 is 2.44 bits per heavy atom. The Kier molecular flexibility index (Phi) is 5.54. The van der Waals surface area contributed by atoms with Crippen molar-refractivity contribution in [2.45, 2.75) is 4.90 Å². The molecule has 0 atom stereocenters. The van der Waals surface area contributed by atoms with Crippen molar-refractivity contribution in [1.29, 1.82) is 0 Å². The summed E-state index contributed by atoms with van der Waals surface area (Å²) in [6, 6.07) is 3.60. The van der Waals surface area contributed by atoms with E-state index in [4.69, 9.17) is 0 Å². The Morgan fingerprint density at radius 2 is 1.89 bits per heavy atom. The molecule has 1 fully saturated rings. The summed E-state index contributed by atoms with van der Waals surface area (Å²) < 4.78 is 39.1. The van der Waals surface area contributed by atoms with Gasteiger partial charge in [0, 0.05) is 30.7 Å². The maximum atomic E-state index is 12.9. The third kappa shape index (κ3) is 3.21. The van der Waals surface area contributed by atoms with E-state index in [1.165, 1.54) is 10.4 Å². The molecule has 18 heavy (non-hydrogen) atoms. The van der Waals surface area contributed by atoms with Crippen molar-refractivity contribution >= 4 is 38.4 Å². The molecule has 8 heteroatoms. The van der Waals surface area contributed by atoms with E-state index >= 15 is 0 Å². The van der Waals surface area contributed by atoms with Crippen LogP contribution >= 0.6 is 28.3 Å². The van der Waals surface area contributed by atoms with Crippen LogP contribution < -0.4 is 5.32 Å². The van der Waals surface area contributed by atoms with Gasteiger partial charge in [0.25, 0.3) is 0 Å². The van der Waals surface area contributed by atoms with Gasteiger partial charge >= 0.3 is 0 Å². The lowest BCUT2D eigenvalue weighted by atomic mass is 10.3. The van der Waals surface area contributed by atoms with Gasteiger partial charge in [0.2, 0.25) is 10.0 Å². The van der Waals surface area contributed by atoms with E-state index < -0.39 is 15.8 Å². The third-order valence-corrected chi connectivity index (χ3v) is 5.46. The molecule has 1 aliphatic heterocycles. The van der Waals surface area contributed by atoms with Gasteiger partial charge in [-0.15, -0.1) is 12.4 Å². The fourth-order valence-corrected chi connectivity index (χ4v) is 4.16. The highest BCUT2D eigenvalue weighted by molar-refractivity contribution is 9.10. The standard InChI is InChI=1S/C10H12BrFN2O2S.ClH/c11-9-7-8(12)1-2-10(9)17(15,16)14-5-3-13-4-6-14;/h1-2,7,13H,3-6H2;1H. The first-order valence-corrected chi connectivity index (χ1v) is 7.41. The number of sulfonamides is 1. The molecule has 0 aliphatic carbocycles. The Labute approximate surface area is 120 Å². The van der Waals surface area contributed by atoms with Crippen molar-refractivity contribution in [1.82, 2.24) is 9.62 Å². The minimum absolute atomic E-state index is 0. The molecule has 0 aromatic heterocycles. The molecule has 0 unspecified atom stereocenters. The van der Waals surface area contributed by atoms with Gasteiger partial charge in [-0.1, -0.05) is 0 Å². The summed E-state index contributed by atoms with van der Waals surface area (Å²) in [5.74, 6) is -0.462. The lowest BCUT2D eigenvalue weighted by Gasteiger charge is -2.26. The SMILES string of the molecule is Cl.O=S(=O)(c1ccc(F)cc1Br)N1CCNCC1. The summed E-state index contributed by atoms with van der Waals surface area (Å²) in [5, 5.41) is 3.08. The van der Waals surface area contributed by atoms with Crippen LogP contribution in [0.15, 0.2) is 27.6 Å². The van der Waals surface area contributed by atoms with Gasteiger partial charge in [-0.3, -0.25) is 0 Å². The molecule has 1 heterocycles. The summed E-state index contributed by atoms with van der Waals surface area (Å²) in [6.07, 6.45) is 0. The average molecular weight is 360 g/mol. The average Bonchev–Trinajstić information content (AvgIpc) is 2.29. The van der Waals surface area contributed by atoms with Crippen molar-refractivity contribution in [3.05, 3.63) is 28.5 Å². The monoisotopic (exact) mass is 358 g/mol. The number of halogens is 3. The Balaban J connectivity index is 0.00000162. The molecule has 0 saturated carbocycles. The molecule has 1 aromatic rings. The summed E-state index contributed by atoms with van der Waals surface area (Å²) in [6.45, 7) is 2.15. The molecule has 1 aliphatic rings. The summed E-state index contributed by atoms with van der Waals surface area (Å²) >= 11 is 3.09. The molecule has 1 saturated heterocycles. The van der Waals surface area contributed by atoms with E-state index in [0.29, 0.717) is 26.2 Å². The van der Waals surface area contributed by atoms with Crippen LogP contribution in [0.2, 0.25) is 0 Å². The van der Waals surface area contributed by atoms with Crippen LogP contribution in [0.5, 0.6) is 0 Å². The topological polar surface area (TPSA) is 49.4 Å². The second-order valence-electron chi connectivity index (χ2n) is 3.73. The number of nitrogens with zero attached hydrogens (tertiary/aromatic N) is 1. The summed E-state index contributed by atoms with van der Waals surface area (Å²) in [7, 11) is -3.53. The first-order chi connectivity index (χ1) is 8.01. The number of hydrogen-bond acceptors (Lipinski definition) is 3. The fraction of sp³-hybridized carbons (Fsp3) is 0.400. The maximum Gasteiger partial charge on any atom is 0.244 e. The van der Waals surface area contributed by atoms with E-state index in [9.17, 15) is 12.8 Å². The zero-order chi connectivity index (χ0) is 12.5. The van der Waals surface area contributed by atoms with Crippen LogP contribution in [0, 0.1) is 5.82 Å². The zero-order valence-electron chi connectivity index (χ0n) is 9.40. The smallest absolute Gasteiger partial charge is 0.244 e. The molecule has 0 bridgehead atoms. The molecule has 0 radical (unpaired) electrons.